The van der Waals surface area contributed by atoms with Crippen molar-refractivity contribution in [1.82, 2.24) is 0 Å². The summed E-state index contributed by atoms with van der Waals surface area (Å²) in [6.45, 7) is 2.87. The Kier molecular flexibility index (Phi) is 3.11. The molecule has 0 saturated heterocycles. The van der Waals surface area contributed by atoms with Gasteiger partial charge in [-0.05, 0) is 49.9 Å². The van der Waals surface area contributed by atoms with Gasteiger partial charge in [0.25, 0.3) is 0 Å². The monoisotopic (exact) mass is 264 g/mol. The molecule has 3 aliphatic carbocycles. The number of esters is 2. The van der Waals surface area contributed by atoms with Crippen LogP contribution >= 0.6 is 0 Å². The fraction of sp³-hybridized carbons (Fsp3) is 0.733. The van der Waals surface area contributed by atoms with Crippen molar-refractivity contribution in [2.24, 2.45) is 23.7 Å². The Morgan fingerprint density at radius 3 is 2.79 bits per heavy atom. The van der Waals surface area contributed by atoms with Crippen LogP contribution in [0.4, 0.5) is 0 Å². The number of carbonyl (C=O) groups is 2. The van der Waals surface area contributed by atoms with Gasteiger partial charge in [-0.3, -0.25) is 4.79 Å². The Morgan fingerprint density at radius 1 is 1.26 bits per heavy atom. The van der Waals surface area contributed by atoms with E-state index in [0.29, 0.717) is 23.7 Å². The molecule has 0 N–H and O–H groups in total. The third-order valence-electron chi connectivity index (χ3n) is 4.88. The Labute approximate surface area is 113 Å². The van der Waals surface area contributed by atoms with Gasteiger partial charge in [0.1, 0.15) is 6.10 Å². The van der Waals surface area contributed by atoms with E-state index in [0.717, 1.165) is 12.8 Å². The summed E-state index contributed by atoms with van der Waals surface area (Å²) < 4.78 is 10.4. The van der Waals surface area contributed by atoms with Gasteiger partial charge in [0.05, 0.1) is 0 Å². The van der Waals surface area contributed by atoms with Crippen LogP contribution in [0.2, 0.25) is 0 Å². The molecule has 0 aromatic heterocycles. The van der Waals surface area contributed by atoms with Crippen molar-refractivity contribution >= 4 is 11.9 Å². The molecule has 0 spiro atoms. The van der Waals surface area contributed by atoms with E-state index in [1.807, 2.05) is 0 Å². The second-order valence-electron chi connectivity index (χ2n) is 6.03. The molecule has 0 radical (unpaired) electrons. The molecular formula is C15H20O4. The van der Waals surface area contributed by atoms with Crippen LogP contribution in [0.5, 0.6) is 0 Å². The maximum Gasteiger partial charge on any atom is 0.347 e. The number of ether oxygens (including phenoxy) is 2. The SMILES string of the molecule is CC(=O)OC(C)C(=O)OC1CC2CC1C1CC=CC21. The lowest BCUT2D eigenvalue weighted by Gasteiger charge is -2.31. The molecule has 3 rings (SSSR count). The van der Waals surface area contributed by atoms with E-state index in [-0.39, 0.29) is 6.10 Å². The van der Waals surface area contributed by atoms with E-state index in [9.17, 15) is 9.59 Å². The molecule has 0 amide bonds. The fourth-order valence-corrected chi connectivity index (χ4v) is 4.17. The predicted octanol–water partition coefficient (Wildman–Crippen LogP) is 2.08. The molecule has 104 valence electrons. The third-order valence-corrected chi connectivity index (χ3v) is 4.88. The summed E-state index contributed by atoms with van der Waals surface area (Å²) >= 11 is 0. The first-order valence-electron chi connectivity index (χ1n) is 7.10. The van der Waals surface area contributed by atoms with Crippen LogP contribution in [0.1, 0.15) is 33.1 Å². The first kappa shape index (κ1) is 12.7. The van der Waals surface area contributed by atoms with Crippen molar-refractivity contribution in [3.63, 3.8) is 0 Å². The van der Waals surface area contributed by atoms with E-state index in [4.69, 9.17) is 9.47 Å². The minimum Gasteiger partial charge on any atom is -0.459 e. The highest BCUT2D eigenvalue weighted by molar-refractivity contribution is 5.78. The normalized spacial score (nSPS) is 40.0. The molecule has 4 nitrogen and oxygen atoms in total. The minimum absolute atomic E-state index is 0.0247. The van der Waals surface area contributed by atoms with Crippen LogP contribution in [0.25, 0.3) is 0 Å². The Hall–Kier alpha value is -1.32. The molecule has 0 aromatic carbocycles. The summed E-state index contributed by atoms with van der Waals surface area (Å²) in [5.41, 5.74) is 0. The average molecular weight is 264 g/mol. The van der Waals surface area contributed by atoms with Crippen LogP contribution in [-0.2, 0) is 19.1 Å². The van der Waals surface area contributed by atoms with Gasteiger partial charge in [0, 0.05) is 6.92 Å². The van der Waals surface area contributed by atoms with Crippen molar-refractivity contribution in [1.29, 1.82) is 0 Å². The first-order chi connectivity index (χ1) is 9.06. The van der Waals surface area contributed by atoms with E-state index in [1.54, 1.807) is 6.92 Å². The summed E-state index contributed by atoms with van der Waals surface area (Å²) in [4.78, 5) is 22.7. The second-order valence-corrected chi connectivity index (χ2v) is 6.03. The molecule has 6 atom stereocenters. The Morgan fingerprint density at radius 2 is 2.05 bits per heavy atom. The van der Waals surface area contributed by atoms with E-state index >= 15 is 0 Å². The average Bonchev–Trinajstić information content (AvgIpc) is 2.98. The summed E-state index contributed by atoms with van der Waals surface area (Å²) in [5, 5.41) is 0. The van der Waals surface area contributed by atoms with Crippen molar-refractivity contribution in [2.75, 3.05) is 0 Å². The molecule has 4 heteroatoms. The summed E-state index contributed by atoms with van der Waals surface area (Å²) in [5.74, 6) is 1.70. The Bertz CT molecular complexity index is 428. The van der Waals surface area contributed by atoms with Gasteiger partial charge in [-0.25, -0.2) is 4.79 Å². The molecular weight excluding hydrogens is 244 g/mol. The number of fused-ring (bicyclic) bond motifs is 5. The lowest BCUT2D eigenvalue weighted by molar-refractivity contribution is -0.171. The van der Waals surface area contributed by atoms with E-state index in [1.165, 1.54) is 13.3 Å². The van der Waals surface area contributed by atoms with Gasteiger partial charge < -0.3 is 9.47 Å². The quantitative estimate of drug-likeness (QED) is 0.578. The van der Waals surface area contributed by atoms with Crippen LogP contribution in [0.15, 0.2) is 12.2 Å². The van der Waals surface area contributed by atoms with E-state index < -0.39 is 18.0 Å². The number of rotatable bonds is 3. The Balaban J connectivity index is 1.58. The zero-order valence-corrected chi connectivity index (χ0v) is 11.4. The van der Waals surface area contributed by atoms with Crippen LogP contribution in [-0.4, -0.2) is 24.1 Å². The smallest absolute Gasteiger partial charge is 0.347 e. The zero-order valence-electron chi connectivity index (χ0n) is 11.4. The number of hydrogen-bond acceptors (Lipinski definition) is 4. The third kappa shape index (κ3) is 2.17. The lowest BCUT2D eigenvalue weighted by Crippen LogP contribution is -2.35. The van der Waals surface area contributed by atoms with Gasteiger partial charge in [-0.15, -0.1) is 0 Å². The molecule has 6 unspecified atom stereocenters. The van der Waals surface area contributed by atoms with Crippen LogP contribution in [0, 0.1) is 23.7 Å². The highest BCUT2D eigenvalue weighted by Gasteiger charge is 2.54. The molecule has 2 fully saturated rings. The largest absolute Gasteiger partial charge is 0.459 e. The standard InChI is InChI=1S/C15H20O4/c1-8(18-9(2)16)15(17)19-14-7-10-6-13(14)12-5-3-4-11(10)12/h3-4,8,10-14H,5-7H2,1-2H3. The molecule has 0 aliphatic heterocycles. The van der Waals surface area contributed by atoms with Crippen molar-refractivity contribution in [2.45, 2.75) is 45.3 Å². The molecule has 2 saturated carbocycles. The highest BCUT2D eigenvalue weighted by Crippen LogP contribution is 2.57. The van der Waals surface area contributed by atoms with Gasteiger partial charge in [0.2, 0.25) is 0 Å². The number of hydrogen-bond donors (Lipinski definition) is 0. The van der Waals surface area contributed by atoms with Gasteiger partial charge in [-0.2, -0.15) is 0 Å². The van der Waals surface area contributed by atoms with Crippen molar-refractivity contribution in [3.05, 3.63) is 12.2 Å². The fourth-order valence-electron chi connectivity index (χ4n) is 4.17. The van der Waals surface area contributed by atoms with Gasteiger partial charge >= 0.3 is 11.9 Å². The summed E-state index contributed by atoms with van der Waals surface area (Å²) in [7, 11) is 0. The zero-order chi connectivity index (χ0) is 13.6. The first-order valence-corrected chi connectivity index (χ1v) is 7.10. The second kappa shape index (κ2) is 4.66. The molecule has 0 heterocycles. The molecule has 19 heavy (non-hydrogen) atoms. The topological polar surface area (TPSA) is 52.6 Å². The number of carbonyl (C=O) groups excluding carboxylic acids is 2. The maximum atomic E-state index is 11.9. The van der Waals surface area contributed by atoms with Gasteiger partial charge in [0.15, 0.2) is 6.10 Å². The maximum absolute atomic E-state index is 11.9. The molecule has 2 bridgehead atoms. The van der Waals surface area contributed by atoms with E-state index in [2.05, 4.69) is 12.2 Å². The predicted molar refractivity (Wildman–Crippen MR) is 68.1 cm³/mol. The molecule has 3 aliphatic rings. The lowest BCUT2D eigenvalue weighted by atomic mass is 9.80. The van der Waals surface area contributed by atoms with Crippen molar-refractivity contribution < 1.29 is 19.1 Å². The summed E-state index contributed by atoms with van der Waals surface area (Å²) in [6, 6.07) is 0. The van der Waals surface area contributed by atoms with Gasteiger partial charge in [-0.1, -0.05) is 12.2 Å². The summed E-state index contributed by atoms with van der Waals surface area (Å²) in [6.07, 6.45) is 7.11. The van der Waals surface area contributed by atoms with Crippen LogP contribution < -0.4 is 0 Å². The highest BCUT2D eigenvalue weighted by atomic mass is 16.6. The van der Waals surface area contributed by atoms with Crippen molar-refractivity contribution in [3.8, 4) is 0 Å². The minimum atomic E-state index is -0.797. The molecule has 0 aromatic rings. The van der Waals surface area contributed by atoms with Crippen LogP contribution in [0.3, 0.4) is 0 Å². The number of allylic oxidation sites excluding steroid dienone is 2.